The van der Waals surface area contributed by atoms with Crippen molar-refractivity contribution in [1.29, 1.82) is 0 Å². The lowest BCUT2D eigenvalue weighted by Crippen LogP contribution is -2.42. The Hall–Kier alpha value is -2.96. The Bertz CT molecular complexity index is 1240. The number of amides is 1. The van der Waals surface area contributed by atoms with Gasteiger partial charge in [-0.3, -0.25) is 9.59 Å². The Morgan fingerprint density at radius 3 is 2.44 bits per heavy atom. The lowest BCUT2D eigenvalue weighted by atomic mass is 9.68. The molecular weight excluding hydrogens is 448 g/mol. The van der Waals surface area contributed by atoms with E-state index in [-0.39, 0.29) is 34.5 Å². The van der Waals surface area contributed by atoms with Gasteiger partial charge in [-0.1, -0.05) is 54.1 Å². The zero-order valence-corrected chi connectivity index (χ0v) is 19.8. The molecule has 2 aliphatic carbocycles. The smallest absolute Gasteiger partial charge is 0.279 e. The van der Waals surface area contributed by atoms with Crippen molar-refractivity contribution in [2.24, 2.45) is 5.73 Å². The predicted molar refractivity (Wildman–Crippen MR) is 134 cm³/mol. The summed E-state index contributed by atoms with van der Waals surface area (Å²) in [6.07, 6.45) is 5.06. The minimum atomic E-state index is -0.328. The fraction of sp³-hybridized carbons (Fsp3) is 0.370. The minimum Gasteiger partial charge on any atom is -0.349 e. The predicted octanol–water partition coefficient (Wildman–Crippen LogP) is 4.47. The molecule has 0 bridgehead atoms. The lowest BCUT2D eigenvalue weighted by molar-refractivity contribution is 0.0947. The first-order chi connectivity index (χ1) is 16.5. The second-order valence-corrected chi connectivity index (χ2v) is 9.97. The Morgan fingerprint density at radius 2 is 1.79 bits per heavy atom. The molecule has 3 N–H and O–H groups in total. The average Bonchev–Trinajstić information content (AvgIpc) is 3.69. The maximum absolute atomic E-state index is 13.4. The molecule has 2 aliphatic rings. The normalized spacial score (nSPS) is 22.4. The highest BCUT2D eigenvalue weighted by molar-refractivity contribution is 6.30. The molecule has 2 aromatic carbocycles. The van der Waals surface area contributed by atoms with Crippen molar-refractivity contribution in [1.82, 2.24) is 15.1 Å². The molecule has 1 heterocycles. The van der Waals surface area contributed by atoms with E-state index in [9.17, 15) is 9.59 Å². The zero-order chi connectivity index (χ0) is 23.7. The largest absolute Gasteiger partial charge is 0.349 e. The van der Waals surface area contributed by atoms with Crippen molar-refractivity contribution in [2.45, 2.75) is 56.0 Å². The van der Waals surface area contributed by atoms with E-state index in [1.54, 1.807) is 10.7 Å². The summed E-state index contributed by atoms with van der Waals surface area (Å²) in [4.78, 5) is 26.4. The van der Waals surface area contributed by atoms with E-state index >= 15 is 0 Å². The van der Waals surface area contributed by atoms with Crippen LogP contribution in [0.1, 0.15) is 60.5 Å². The molecule has 34 heavy (non-hydrogen) atoms. The fourth-order valence-electron chi connectivity index (χ4n) is 4.99. The molecule has 0 radical (unpaired) electrons. The van der Waals surface area contributed by atoms with Gasteiger partial charge in [-0.25, -0.2) is 4.68 Å². The first kappa shape index (κ1) is 22.8. The molecule has 0 atom stereocenters. The zero-order valence-electron chi connectivity index (χ0n) is 19.0. The third-order valence-corrected chi connectivity index (χ3v) is 7.48. The van der Waals surface area contributed by atoms with Crippen molar-refractivity contribution in [3.63, 3.8) is 0 Å². The van der Waals surface area contributed by atoms with Gasteiger partial charge in [0.2, 0.25) is 0 Å². The summed E-state index contributed by atoms with van der Waals surface area (Å²) < 4.78 is 1.54. The van der Waals surface area contributed by atoms with Crippen molar-refractivity contribution >= 4 is 17.5 Å². The van der Waals surface area contributed by atoms with Crippen LogP contribution in [-0.4, -0.2) is 28.3 Å². The number of carbonyl (C=O) groups is 1. The van der Waals surface area contributed by atoms with Crippen LogP contribution >= 0.6 is 11.6 Å². The third-order valence-electron chi connectivity index (χ3n) is 7.25. The fourth-order valence-corrected chi connectivity index (χ4v) is 5.18. The quantitative estimate of drug-likeness (QED) is 0.549. The number of nitrogens with one attached hydrogen (secondary N) is 1. The Morgan fingerprint density at radius 1 is 1.06 bits per heavy atom. The van der Waals surface area contributed by atoms with Gasteiger partial charge in [0.15, 0.2) is 0 Å². The summed E-state index contributed by atoms with van der Waals surface area (Å²) in [5.41, 5.74) is 8.58. The van der Waals surface area contributed by atoms with E-state index in [1.165, 1.54) is 0 Å². The van der Waals surface area contributed by atoms with Crippen molar-refractivity contribution in [3.8, 4) is 11.3 Å². The Labute approximate surface area is 204 Å². The number of hydrogen-bond donors (Lipinski definition) is 2. The van der Waals surface area contributed by atoms with Gasteiger partial charge in [-0.05, 0) is 62.3 Å². The monoisotopic (exact) mass is 476 g/mol. The van der Waals surface area contributed by atoms with E-state index < -0.39 is 0 Å². The van der Waals surface area contributed by atoms with E-state index in [0.717, 1.165) is 49.7 Å². The van der Waals surface area contributed by atoms with Crippen LogP contribution in [0.2, 0.25) is 5.02 Å². The number of carbonyl (C=O) groups excluding carboxylic acids is 1. The maximum Gasteiger partial charge on any atom is 0.279 e. The molecule has 2 saturated carbocycles. The molecule has 3 aromatic rings. The van der Waals surface area contributed by atoms with E-state index in [0.29, 0.717) is 17.3 Å². The van der Waals surface area contributed by atoms with Gasteiger partial charge in [0, 0.05) is 28.6 Å². The number of benzene rings is 2. The molecule has 7 heteroatoms. The third kappa shape index (κ3) is 4.52. The summed E-state index contributed by atoms with van der Waals surface area (Å²) in [5.74, 6) is -0.313. The van der Waals surface area contributed by atoms with E-state index in [4.69, 9.17) is 22.4 Å². The molecular formula is C27H29ClN4O2. The SMILES string of the molecule is NCC1(c2cccc(Cl)c2)CCC(n2nc(-c3ccccc3)cc(C(=O)NC3CC3)c2=O)CC1. The summed E-state index contributed by atoms with van der Waals surface area (Å²) >= 11 is 6.26. The summed E-state index contributed by atoms with van der Waals surface area (Å²) in [7, 11) is 0. The number of hydrogen-bond acceptors (Lipinski definition) is 4. The number of aromatic nitrogens is 2. The molecule has 0 aliphatic heterocycles. The van der Waals surface area contributed by atoms with Gasteiger partial charge in [0.25, 0.3) is 11.5 Å². The molecule has 1 aromatic heterocycles. The molecule has 1 amide bonds. The molecule has 5 rings (SSSR count). The molecule has 6 nitrogen and oxygen atoms in total. The van der Waals surface area contributed by atoms with Crippen molar-refractivity contribution in [2.75, 3.05) is 6.54 Å². The van der Waals surface area contributed by atoms with E-state index in [2.05, 4.69) is 11.4 Å². The van der Waals surface area contributed by atoms with Gasteiger partial charge >= 0.3 is 0 Å². The van der Waals surface area contributed by atoms with Gasteiger partial charge < -0.3 is 11.1 Å². The van der Waals surface area contributed by atoms with E-state index in [1.807, 2.05) is 48.5 Å². The molecule has 0 unspecified atom stereocenters. The van der Waals surface area contributed by atoms with Gasteiger partial charge in [-0.15, -0.1) is 0 Å². The highest BCUT2D eigenvalue weighted by Crippen LogP contribution is 2.42. The van der Waals surface area contributed by atoms with Gasteiger partial charge in [0.05, 0.1) is 11.7 Å². The van der Waals surface area contributed by atoms with Gasteiger partial charge in [-0.2, -0.15) is 5.10 Å². The first-order valence-electron chi connectivity index (χ1n) is 12.0. The highest BCUT2D eigenvalue weighted by atomic mass is 35.5. The van der Waals surface area contributed by atoms with Crippen LogP contribution in [0.5, 0.6) is 0 Å². The topological polar surface area (TPSA) is 90.0 Å². The van der Waals surface area contributed by atoms with Crippen molar-refractivity contribution < 1.29 is 4.79 Å². The summed E-state index contributed by atoms with van der Waals surface area (Å²) in [6, 6.07) is 19.3. The maximum atomic E-state index is 13.4. The van der Waals surface area contributed by atoms with Crippen molar-refractivity contribution in [3.05, 3.63) is 87.2 Å². The number of halogens is 1. The second-order valence-electron chi connectivity index (χ2n) is 9.53. The summed E-state index contributed by atoms with van der Waals surface area (Å²) in [5, 5.41) is 8.40. The van der Waals surface area contributed by atoms with Crippen LogP contribution in [0, 0.1) is 0 Å². The standard InChI is InChI=1S/C27H29ClN4O2/c28-20-8-4-7-19(15-20)27(17-29)13-11-22(12-14-27)32-26(34)23(25(33)30-21-9-10-21)16-24(31-32)18-5-2-1-3-6-18/h1-8,15-16,21-22H,9-14,17,29H2,(H,30,33). The first-order valence-corrected chi connectivity index (χ1v) is 12.3. The Balaban J connectivity index is 1.48. The molecule has 0 saturated heterocycles. The Kier molecular flexibility index (Phi) is 6.28. The second kappa shape index (κ2) is 9.35. The van der Waals surface area contributed by atoms with Crippen LogP contribution in [0.15, 0.2) is 65.5 Å². The van der Waals surface area contributed by atoms with Crippen LogP contribution in [0.25, 0.3) is 11.3 Å². The minimum absolute atomic E-state index is 0.0949. The van der Waals surface area contributed by atoms with Gasteiger partial charge in [0.1, 0.15) is 5.56 Å². The van der Waals surface area contributed by atoms with Crippen LogP contribution in [-0.2, 0) is 5.41 Å². The molecule has 176 valence electrons. The number of nitrogens with zero attached hydrogens (tertiary/aromatic N) is 2. The van der Waals surface area contributed by atoms with Crippen LogP contribution < -0.4 is 16.6 Å². The lowest BCUT2D eigenvalue weighted by Gasteiger charge is -2.40. The molecule has 2 fully saturated rings. The number of rotatable bonds is 6. The summed E-state index contributed by atoms with van der Waals surface area (Å²) in [6.45, 7) is 0.515. The average molecular weight is 477 g/mol. The van der Waals surface area contributed by atoms with Crippen LogP contribution in [0.3, 0.4) is 0 Å². The number of nitrogens with two attached hydrogens (primary N) is 1. The highest BCUT2D eigenvalue weighted by Gasteiger charge is 2.37. The molecule has 0 spiro atoms. The van der Waals surface area contributed by atoms with Crippen LogP contribution in [0.4, 0.5) is 0 Å².